The predicted molar refractivity (Wildman–Crippen MR) is 47.4 cm³/mol. The fourth-order valence-electron chi connectivity index (χ4n) is 2.67. The molecule has 0 aromatic heterocycles. The van der Waals surface area contributed by atoms with E-state index in [4.69, 9.17) is 14.2 Å². The van der Waals surface area contributed by atoms with E-state index < -0.39 is 11.6 Å². The molecule has 2 heterocycles. The monoisotopic (exact) mass is 200 g/mol. The van der Waals surface area contributed by atoms with Crippen molar-refractivity contribution < 1.29 is 19.3 Å². The molecular formula is C10H16O4. The summed E-state index contributed by atoms with van der Waals surface area (Å²) in [5.41, 5.74) is 0. The molecule has 3 rings (SSSR count). The summed E-state index contributed by atoms with van der Waals surface area (Å²) < 4.78 is 17.1. The maximum Gasteiger partial charge on any atom is 0.221 e. The highest BCUT2D eigenvalue weighted by molar-refractivity contribution is 5.05. The fraction of sp³-hybridized carbons (Fsp3) is 1.00. The Hall–Kier alpha value is -0.160. The van der Waals surface area contributed by atoms with Gasteiger partial charge in [-0.2, -0.15) is 0 Å². The second-order valence-electron chi connectivity index (χ2n) is 4.98. The summed E-state index contributed by atoms with van der Waals surface area (Å²) >= 11 is 0. The maximum absolute atomic E-state index is 9.39. The minimum absolute atomic E-state index is 0.0822. The van der Waals surface area contributed by atoms with E-state index in [1.54, 1.807) is 0 Å². The molecule has 14 heavy (non-hydrogen) atoms. The van der Waals surface area contributed by atoms with Crippen LogP contribution in [0.15, 0.2) is 0 Å². The highest BCUT2D eigenvalue weighted by Gasteiger charge is 2.65. The molecule has 0 aromatic rings. The van der Waals surface area contributed by atoms with Crippen LogP contribution < -0.4 is 0 Å². The van der Waals surface area contributed by atoms with Gasteiger partial charge >= 0.3 is 0 Å². The average Bonchev–Trinajstić information content (AvgIpc) is 2.83. The lowest BCUT2D eigenvalue weighted by Gasteiger charge is -2.34. The summed E-state index contributed by atoms with van der Waals surface area (Å²) in [5.74, 6) is -0.374. The zero-order valence-electron chi connectivity index (χ0n) is 8.53. The van der Waals surface area contributed by atoms with Crippen molar-refractivity contribution in [3.8, 4) is 0 Å². The van der Waals surface area contributed by atoms with Gasteiger partial charge in [-0.3, -0.25) is 0 Å². The van der Waals surface area contributed by atoms with Crippen molar-refractivity contribution in [1.82, 2.24) is 0 Å². The predicted octanol–water partition coefficient (Wildman–Crippen LogP) is 0.493. The van der Waals surface area contributed by atoms with Gasteiger partial charge in [0.1, 0.15) is 12.7 Å². The van der Waals surface area contributed by atoms with E-state index in [0.29, 0.717) is 18.4 Å². The molecule has 80 valence electrons. The normalized spacial score (nSPS) is 53.8. The molecule has 3 fully saturated rings. The molecule has 0 unspecified atom stereocenters. The molecule has 0 bridgehead atoms. The third-order valence-corrected chi connectivity index (χ3v) is 3.39. The van der Waals surface area contributed by atoms with Gasteiger partial charge in [-0.1, -0.05) is 0 Å². The lowest BCUT2D eigenvalue weighted by Crippen LogP contribution is -2.50. The molecule has 4 atom stereocenters. The van der Waals surface area contributed by atoms with Gasteiger partial charge in [-0.25, -0.2) is 0 Å². The van der Waals surface area contributed by atoms with Crippen molar-refractivity contribution >= 4 is 0 Å². The number of fused-ring (bicyclic) bond motifs is 3. The van der Waals surface area contributed by atoms with E-state index in [0.717, 1.165) is 6.42 Å². The Morgan fingerprint density at radius 3 is 2.93 bits per heavy atom. The van der Waals surface area contributed by atoms with E-state index in [1.807, 2.05) is 13.8 Å². The molecule has 0 amide bonds. The Labute approximate surface area is 83.1 Å². The van der Waals surface area contributed by atoms with Gasteiger partial charge in [0.25, 0.3) is 0 Å². The molecule has 4 nitrogen and oxygen atoms in total. The Kier molecular flexibility index (Phi) is 1.62. The Balaban J connectivity index is 1.91. The van der Waals surface area contributed by atoms with E-state index in [-0.39, 0.29) is 12.7 Å². The summed E-state index contributed by atoms with van der Waals surface area (Å²) in [4.78, 5) is 0. The van der Waals surface area contributed by atoms with Gasteiger partial charge < -0.3 is 19.3 Å². The zero-order chi connectivity index (χ0) is 9.97. The minimum atomic E-state index is -0.888. The first kappa shape index (κ1) is 9.09. The topological polar surface area (TPSA) is 47.9 Å². The second-order valence-corrected chi connectivity index (χ2v) is 4.98. The van der Waals surface area contributed by atoms with Gasteiger partial charge in [-0.05, 0) is 32.1 Å². The van der Waals surface area contributed by atoms with Crippen LogP contribution in [0.2, 0.25) is 0 Å². The first-order chi connectivity index (χ1) is 6.56. The summed E-state index contributed by atoms with van der Waals surface area (Å²) in [5, 5.41) is 9.39. The SMILES string of the molecule is CC1(C)O[C@H]2[C@@H]3C[C@@H]3CO[C@@]2(CO)O1. The molecule has 1 N–H and O–H groups in total. The van der Waals surface area contributed by atoms with Crippen molar-refractivity contribution in [2.75, 3.05) is 13.2 Å². The van der Waals surface area contributed by atoms with Crippen molar-refractivity contribution in [3.63, 3.8) is 0 Å². The number of hydrogen-bond donors (Lipinski definition) is 1. The molecule has 4 heteroatoms. The molecule has 2 saturated heterocycles. The maximum atomic E-state index is 9.39. The van der Waals surface area contributed by atoms with Crippen LogP contribution in [0.25, 0.3) is 0 Å². The fourth-order valence-corrected chi connectivity index (χ4v) is 2.67. The van der Waals surface area contributed by atoms with Crippen LogP contribution in [0.4, 0.5) is 0 Å². The third-order valence-electron chi connectivity index (χ3n) is 3.39. The van der Waals surface area contributed by atoms with E-state index in [9.17, 15) is 5.11 Å². The van der Waals surface area contributed by atoms with Crippen LogP contribution in [0.5, 0.6) is 0 Å². The van der Waals surface area contributed by atoms with Gasteiger partial charge in [-0.15, -0.1) is 0 Å². The molecule has 0 aromatic carbocycles. The van der Waals surface area contributed by atoms with Crippen LogP contribution in [0.1, 0.15) is 20.3 Å². The summed E-state index contributed by atoms with van der Waals surface area (Å²) in [6, 6.07) is 0. The number of aliphatic hydroxyl groups is 1. The van der Waals surface area contributed by atoms with Crippen molar-refractivity contribution in [1.29, 1.82) is 0 Å². The second kappa shape index (κ2) is 2.50. The van der Waals surface area contributed by atoms with Crippen molar-refractivity contribution in [3.05, 3.63) is 0 Å². The first-order valence-electron chi connectivity index (χ1n) is 5.19. The molecule has 0 spiro atoms. The molecule has 2 aliphatic heterocycles. The van der Waals surface area contributed by atoms with Gasteiger partial charge in [0.2, 0.25) is 5.79 Å². The summed E-state index contributed by atoms with van der Waals surface area (Å²) in [6.45, 7) is 4.30. The Bertz CT molecular complexity index is 265. The van der Waals surface area contributed by atoms with E-state index in [1.165, 1.54) is 0 Å². The highest BCUT2D eigenvalue weighted by Crippen LogP contribution is 2.55. The molecule has 3 aliphatic rings. The molecule has 1 saturated carbocycles. The zero-order valence-corrected chi connectivity index (χ0v) is 8.53. The van der Waals surface area contributed by atoms with Crippen LogP contribution in [0, 0.1) is 11.8 Å². The smallest absolute Gasteiger partial charge is 0.221 e. The first-order valence-corrected chi connectivity index (χ1v) is 5.19. The van der Waals surface area contributed by atoms with Crippen LogP contribution in [-0.4, -0.2) is 36.0 Å². The number of hydrogen-bond acceptors (Lipinski definition) is 4. The lowest BCUT2D eigenvalue weighted by molar-refractivity contribution is -0.279. The summed E-state index contributed by atoms with van der Waals surface area (Å²) in [7, 11) is 0. The standard InChI is InChI=1S/C10H16O4/c1-9(2)13-8-7-3-6(7)4-12-10(8,5-11)14-9/h6-8,11H,3-5H2,1-2H3/t6-,7-,8+,10+/m1/s1. The lowest BCUT2D eigenvalue weighted by atomic mass is 10.0. The summed E-state index contributed by atoms with van der Waals surface area (Å²) in [6.07, 6.45) is 1.06. The quantitative estimate of drug-likeness (QED) is 0.669. The molecule has 1 aliphatic carbocycles. The Morgan fingerprint density at radius 1 is 1.43 bits per heavy atom. The molecule has 0 radical (unpaired) electrons. The number of rotatable bonds is 1. The number of aliphatic hydroxyl groups excluding tert-OH is 1. The van der Waals surface area contributed by atoms with Crippen LogP contribution in [0.3, 0.4) is 0 Å². The van der Waals surface area contributed by atoms with Gasteiger partial charge in [0.15, 0.2) is 5.79 Å². The number of ether oxygens (including phenoxy) is 3. The van der Waals surface area contributed by atoms with Crippen molar-refractivity contribution in [2.45, 2.75) is 37.9 Å². The van der Waals surface area contributed by atoms with Gasteiger partial charge in [0.05, 0.1) is 6.61 Å². The largest absolute Gasteiger partial charge is 0.391 e. The van der Waals surface area contributed by atoms with E-state index in [2.05, 4.69) is 0 Å². The average molecular weight is 200 g/mol. The molecular weight excluding hydrogens is 184 g/mol. The minimum Gasteiger partial charge on any atom is -0.391 e. The third kappa shape index (κ3) is 1.08. The van der Waals surface area contributed by atoms with Crippen molar-refractivity contribution in [2.24, 2.45) is 11.8 Å². The van der Waals surface area contributed by atoms with Crippen LogP contribution in [-0.2, 0) is 14.2 Å². The Morgan fingerprint density at radius 2 is 2.21 bits per heavy atom. The van der Waals surface area contributed by atoms with E-state index >= 15 is 0 Å². The van der Waals surface area contributed by atoms with Gasteiger partial charge in [0, 0.05) is 0 Å². The highest BCUT2D eigenvalue weighted by atomic mass is 16.8. The van der Waals surface area contributed by atoms with Crippen LogP contribution >= 0.6 is 0 Å².